The molecule has 6 nitrogen and oxygen atoms in total. The number of alkyl halides is 2. The Labute approximate surface area is 133 Å². The Morgan fingerprint density at radius 3 is 2.74 bits per heavy atom. The fraction of sp³-hybridized carbons (Fsp3) is 0.533. The zero-order valence-corrected chi connectivity index (χ0v) is 12.8. The molecule has 0 spiro atoms. The Morgan fingerprint density at radius 1 is 1.43 bits per heavy atom. The van der Waals surface area contributed by atoms with Crippen LogP contribution in [0.4, 0.5) is 8.78 Å². The van der Waals surface area contributed by atoms with Gasteiger partial charge < -0.3 is 10.2 Å². The van der Waals surface area contributed by atoms with Crippen molar-refractivity contribution in [2.24, 2.45) is 5.92 Å². The molecule has 1 aliphatic heterocycles. The number of rotatable bonds is 6. The molecule has 0 atom stereocenters. The normalized spacial score (nSPS) is 15.7. The Hall–Kier alpha value is -2.25. The monoisotopic (exact) mass is 326 g/mol. The van der Waals surface area contributed by atoms with Crippen LogP contribution in [-0.2, 0) is 16.0 Å². The lowest BCUT2D eigenvalue weighted by atomic mass is 9.96. The lowest BCUT2D eigenvalue weighted by molar-refractivity contribution is -0.132. The zero-order chi connectivity index (χ0) is 16.8. The van der Waals surface area contributed by atoms with Crippen LogP contribution in [0.3, 0.4) is 0 Å². The lowest BCUT2D eigenvalue weighted by Crippen LogP contribution is -2.42. The molecule has 1 N–H and O–H groups in total. The van der Waals surface area contributed by atoms with Crippen molar-refractivity contribution in [1.29, 1.82) is 0 Å². The summed E-state index contributed by atoms with van der Waals surface area (Å²) < 4.78 is 26.1. The van der Waals surface area contributed by atoms with E-state index in [1.165, 1.54) is 18.5 Å². The molecule has 2 rings (SSSR count). The number of imidazole rings is 1. The molecule has 1 fully saturated rings. The van der Waals surface area contributed by atoms with Gasteiger partial charge in [0.05, 0.1) is 0 Å². The SMILES string of the molecule is C=CC(=O)N1CCC(C(=O)NCCc2nccn2C(F)F)CC1. The van der Waals surface area contributed by atoms with Gasteiger partial charge in [0.1, 0.15) is 5.82 Å². The largest absolute Gasteiger partial charge is 0.355 e. The highest BCUT2D eigenvalue weighted by Gasteiger charge is 2.26. The second kappa shape index (κ2) is 7.85. The molecule has 2 heterocycles. The summed E-state index contributed by atoms with van der Waals surface area (Å²) in [5, 5.41) is 2.75. The molecule has 0 aliphatic carbocycles. The van der Waals surface area contributed by atoms with Crippen LogP contribution in [0.25, 0.3) is 0 Å². The van der Waals surface area contributed by atoms with E-state index in [0.29, 0.717) is 25.9 Å². The minimum atomic E-state index is -2.63. The summed E-state index contributed by atoms with van der Waals surface area (Å²) in [5.74, 6) is -0.140. The third-order valence-electron chi connectivity index (χ3n) is 3.96. The second-order valence-corrected chi connectivity index (χ2v) is 5.37. The molecule has 8 heteroatoms. The van der Waals surface area contributed by atoms with E-state index in [-0.39, 0.29) is 36.5 Å². The number of aromatic nitrogens is 2. The summed E-state index contributed by atoms with van der Waals surface area (Å²) in [6.45, 7) is 2.12. The smallest absolute Gasteiger partial charge is 0.319 e. The summed E-state index contributed by atoms with van der Waals surface area (Å²) in [4.78, 5) is 29.1. The fourth-order valence-electron chi connectivity index (χ4n) is 2.65. The van der Waals surface area contributed by atoms with E-state index in [0.717, 1.165) is 4.57 Å². The molecule has 1 aliphatic rings. The maximum Gasteiger partial charge on any atom is 0.319 e. The first-order valence-electron chi connectivity index (χ1n) is 7.52. The quantitative estimate of drug-likeness (QED) is 0.803. The molecule has 1 aromatic rings. The molecule has 1 aromatic heterocycles. The Morgan fingerprint density at radius 2 is 2.13 bits per heavy atom. The van der Waals surface area contributed by atoms with Crippen molar-refractivity contribution in [3.05, 3.63) is 30.9 Å². The van der Waals surface area contributed by atoms with Gasteiger partial charge in [-0.05, 0) is 18.9 Å². The van der Waals surface area contributed by atoms with Crippen LogP contribution in [-0.4, -0.2) is 45.9 Å². The van der Waals surface area contributed by atoms with Gasteiger partial charge in [-0.1, -0.05) is 6.58 Å². The number of piperidine rings is 1. The molecular formula is C15H20F2N4O2. The molecular weight excluding hydrogens is 306 g/mol. The van der Waals surface area contributed by atoms with Gasteiger partial charge in [-0.15, -0.1) is 0 Å². The highest BCUT2D eigenvalue weighted by Crippen LogP contribution is 2.17. The van der Waals surface area contributed by atoms with Gasteiger partial charge in [-0.3, -0.25) is 14.2 Å². The molecule has 0 saturated carbocycles. The van der Waals surface area contributed by atoms with E-state index in [1.54, 1.807) is 4.90 Å². The number of amides is 2. The van der Waals surface area contributed by atoms with Gasteiger partial charge in [0, 0.05) is 44.4 Å². The van der Waals surface area contributed by atoms with Crippen LogP contribution in [0, 0.1) is 5.92 Å². The average Bonchev–Trinajstić information content (AvgIpc) is 3.03. The molecule has 23 heavy (non-hydrogen) atoms. The van der Waals surface area contributed by atoms with E-state index < -0.39 is 6.55 Å². The number of nitrogens with zero attached hydrogens (tertiary/aromatic N) is 3. The Balaban J connectivity index is 1.74. The summed E-state index contributed by atoms with van der Waals surface area (Å²) >= 11 is 0. The standard InChI is InChI=1S/C15H20F2N4O2/c1-2-13(22)20-8-4-11(5-9-20)14(23)19-6-3-12-18-7-10-21(12)15(16)17/h2,7,10-11,15H,1,3-6,8-9H2,(H,19,23). The Bertz CT molecular complexity index is 566. The number of halogens is 2. The van der Waals surface area contributed by atoms with Gasteiger partial charge in [-0.2, -0.15) is 8.78 Å². The minimum Gasteiger partial charge on any atom is -0.355 e. The summed E-state index contributed by atoms with van der Waals surface area (Å²) in [6, 6.07) is 0. The van der Waals surface area contributed by atoms with E-state index in [1.807, 2.05) is 0 Å². The number of likely N-dealkylation sites (tertiary alicyclic amines) is 1. The van der Waals surface area contributed by atoms with Crippen LogP contribution in [0.2, 0.25) is 0 Å². The van der Waals surface area contributed by atoms with Crippen molar-refractivity contribution >= 4 is 11.8 Å². The van der Waals surface area contributed by atoms with Gasteiger partial charge in [-0.25, -0.2) is 4.98 Å². The summed E-state index contributed by atoms with van der Waals surface area (Å²) in [6.07, 6.45) is 5.24. The minimum absolute atomic E-state index is 0.106. The third kappa shape index (κ3) is 4.37. The molecule has 0 unspecified atom stereocenters. The average molecular weight is 326 g/mol. The van der Waals surface area contributed by atoms with Gasteiger partial charge >= 0.3 is 6.55 Å². The number of nitrogens with one attached hydrogen (secondary N) is 1. The first-order chi connectivity index (χ1) is 11.0. The second-order valence-electron chi connectivity index (χ2n) is 5.37. The fourth-order valence-corrected chi connectivity index (χ4v) is 2.65. The van der Waals surface area contributed by atoms with E-state index in [9.17, 15) is 18.4 Å². The summed E-state index contributed by atoms with van der Waals surface area (Å²) in [7, 11) is 0. The highest BCUT2D eigenvalue weighted by atomic mass is 19.3. The zero-order valence-electron chi connectivity index (χ0n) is 12.8. The van der Waals surface area contributed by atoms with Gasteiger partial charge in [0.25, 0.3) is 0 Å². The van der Waals surface area contributed by atoms with Crippen molar-refractivity contribution in [2.45, 2.75) is 25.8 Å². The number of hydrogen-bond donors (Lipinski definition) is 1. The highest BCUT2D eigenvalue weighted by molar-refractivity contribution is 5.87. The summed E-state index contributed by atoms with van der Waals surface area (Å²) in [5.41, 5.74) is 0. The van der Waals surface area contributed by atoms with Crippen molar-refractivity contribution in [2.75, 3.05) is 19.6 Å². The van der Waals surface area contributed by atoms with Crippen LogP contribution in [0.1, 0.15) is 25.2 Å². The van der Waals surface area contributed by atoms with Gasteiger partial charge in [0.2, 0.25) is 11.8 Å². The van der Waals surface area contributed by atoms with Crippen molar-refractivity contribution in [1.82, 2.24) is 19.8 Å². The van der Waals surface area contributed by atoms with Crippen LogP contribution >= 0.6 is 0 Å². The lowest BCUT2D eigenvalue weighted by Gasteiger charge is -2.30. The molecule has 0 radical (unpaired) electrons. The number of carbonyl (C=O) groups is 2. The third-order valence-corrected chi connectivity index (χ3v) is 3.96. The predicted octanol–water partition coefficient (Wildman–Crippen LogP) is 1.36. The molecule has 2 amide bonds. The van der Waals surface area contributed by atoms with Crippen molar-refractivity contribution in [3.8, 4) is 0 Å². The van der Waals surface area contributed by atoms with Crippen LogP contribution < -0.4 is 5.32 Å². The maximum absolute atomic E-state index is 12.7. The van der Waals surface area contributed by atoms with E-state index in [2.05, 4.69) is 16.9 Å². The first kappa shape index (κ1) is 17.1. The molecule has 0 bridgehead atoms. The van der Waals surface area contributed by atoms with Crippen LogP contribution in [0.5, 0.6) is 0 Å². The van der Waals surface area contributed by atoms with Crippen molar-refractivity contribution in [3.63, 3.8) is 0 Å². The van der Waals surface area contributed by atoms with E-state index in [4.69, 9.17) is 0 Å². The maximum atomic E-state index is 12.7. The number of carbonyl (C=O) groups excluding carboxylic acids is 2. The van der Waals surface area contributed by atoms with Gasteiger partial charge in [0.15, 0.2) is 0 Å². The number of hydrogen-bond acceptors (Lipinski definition) is 3. The predicted molar refractivity (Wildman–Crippen MR) is 79.7 cm³/mol. The van der Waals surface area contributed by atoms with Crippen LogP contribution in [0.15, 0.2) is 25.0 Å². The van der Waals surface area contributed by atoms with Crippen molar-refractivity contribution < 1.29 is 18.4 Å². The Kier molecular flexibility index (Phi) is 5.84. The first-order valence-corrected chi connectivity index (χ1v) is 7.52. The molecule has 126 valence electrons. The van der Waals surface area contributed by atoms with E-state index >= 15 is 0 Å². The topological polar surface area (TPSA) is 67.2 Å². The molecule has 1 saturated heterocycles. The molecule has 0 aromatic carbocycles.